The maximum Gasteiger partial charge on any atom is 0.416 e. The molecule has 0 fully saturated rings. The Morgan fingerprint density at radius 3 is 2.50 bits per heavy atom. The summed E-state index contributed by atoms with van der Waals surface area (Å²) in [5, 5.41) is 0.289. The van der Waals surface area contributed by atoms with Crippen molar-refractivity contribution in [3.8, 4) is 0 Å². The van der Waals surface area contributed by atoms with Crippen LogP contribution in [0.5, 0.6) is 0 Å². The molecule has 0 aromatic heterocycles. The molecule has 1 aromatic rings. The van der Waals surface area contributed by atoms with Gasteiger partial charge in [-0.3, -0.25) is 4.79 Å². The van der Waals surface area contributed by atoms with Gasteiger partial charge in [0.05, 0.1) is 11.0 Å². The number of likely N-dealkylation sites (N-methyl/N-ethyl adjacent to an activating group) is 1. The fourth-order valence-corrected chi connectivity index (χ4v) is 2.71. The highest BCUT2D eigenvalue weighted by atomic mass is 79.9. The Hall–Kier alpha value is -1.04. The molecule has 1 aliphatic rings. The van der Waals surface area contributed by atoms with E-state index in [4.69, 9.17) is 0 Å². The molecule has 18 heavy (non-hydrogen) atoms. The predicted molar refractivity (Wildman–Crippen MR) is 66.0 cm³/mol. The van der Waals surface area contributed by atoms with Crippen LogP contribution in [0, 0.1) is 0 Å². The highest BCUT2D eigenvalue weighted by Gasteiger charge is 2.46. The zero-order valence-electron chi connectivity index (χ0n) is 9.81. The van der Waals surface area contributed by atoms with Crippen LogP contribution >= 0.6 is 15.9 Å². The molecule has 0 bridgehead atoms. The summed E-state index contributed by atoms with van der Waals surface area (Å²) < 4.78 is 38.1. The van der Waals surface area contributed by atoms with Crippen molar-refractivity contribution in [2.24, 2.45) is 0 Å². The van der Waals surface area contributed by atoms with Crippen molar-refractivity contribution < 1.29 is 18.0 Å². The molecule has 1 heterocycles. The monoisotopic (exact) mass is 321 g/mol. The van der Waals surface area contributed by atoms with E-state index in [1.54, 1.807) is 14.0 Å². The minimum Gasteiger partial charge on any atom is -0.314 e. The van der Waals surface area contributed by atoms with Crippen LogP contribution in [0.3, 0.4) is 0 Å². The number of alkyl halides is 4. The van der Waals surface area contributed by atoms with Crippen LogP contribution in [0.15, 0.2) is 18.2 Å². The Balaban J connectivity index is 2.64. The topological polar surface area (TPSA) is 20.3 Å². The molecule has 0 saturated heterocycles. The predicted octanol–water partition coefficient (Wildman–Crippen LogP) is 3.33. The lowest BCUT2D eigenvalue weighted by Gasteiger charge is -2.20. The first-order valence-corrected chi connectivity index (χ1v) is 6.40. The Morgan fingerprint density at radius 1 is 1.39 bits per heavy atom. The molecule has 1 unspecified atom stereocenters. The minimum atomic E-state index is -4.40. The third-order valence-corrected chi connectivity index (χ3v) is 4.45. The van der Waals surface area contributed by atoms with E-state index in [1.165, 1.54) is 11.0 Å². The van der Waals surface area contributed by atoms with Gasteiger partial charge < -0.3 is 4.90 Å². The maximum atomic E-state index is 12.7. The molecule has 1 aliphatic heterocycles. The number of benzene rings is 1. The van der Waals surface area contributed by atoms with Gasteiger partial charge in [0.2, 0.25) is 5.91 Å². The number of anilines is 1. The number of fused-ring (bicyclic) bond motifs is 1. The zero-order chi connectivity index (χ0) is 13.7. The minimum absolute atomic E-state index is 0.200. The lowest BCUT2D eigenvalue weighted by atomic mass is 9.85. The molecule has 98 valence electrons. The maximum absolute atomic E-state index is 12.7. The van der Waals surface area contributed by atoms with Gasteiger partial charge >= 0.3 is 6.18 Å². The SMILES string of the molecule is CN1C(=O)C(C)(CBr)c2cc(C(F)(F)F)ccc21. The van der Waals surface area contributed by atoms with Gasteiger partial charge in [-0.2, -0.15) is 13.2 Å². The lowest BCUT2D eigenvalue weighted by molar-refractivity contribution is -0.137. The number of amides is 1. The molecule has 2 rings (SSSR count). The molecule has 0 spiro atoms. The Morgan fingerprint density at radius 2 is 2.00 bits per heavy atom. The number of carbonyl (C=O) groups excluding carboxylic acids is 1. The van der Waals surface area contributed by atoms with E-state index < -0.39 is 17.2 Å². The number of carbonyl (C=O) groups is 1. The summed E-state index contributed by atoms with van der Waals surface area (Å²) in [4.78, 5) is 13.5. The highest BCUT2D eigenvalue weighted by molar-refractivity contribution is 9.09. The normalized spacial score (nSPS) is 23.4. The standard InChI is InChI=1S/C12H11BrF3NO/c1-11(6-13)8-5-7(12(14,15)16)3-4-9(8)17(2)10(11)18/h3-5H,6H2,1-2H3. The number of nitrogens with zero attached hydrogens (tertiary/aromatic N) is 1. The van der Waals surface area contributed by atoms with Gasteiger partial charge in [0.1, 0.15) is 0 Å². The number of hydrogen-bond acceptors (Lipinski definition) is 1. The average Bonchev–Trinajstić information content (AvgIpc) is 2.51. The molecule has 0 aliphatic carbocycles. The second-order valence-corrected chi connectivity index (χ2v) is 5.12. The van der Waals surface area contributed by atoms with E-state index in [0.717, 1.165) is 12.1 Å². The van der Waals surface area contributed by atoms with Crippen LogP contribution in [0.2, 0.25) is 0 Å². The van der Waals surface area contributed by atoms with E-state index >= 15 is 0 Å². The van der Waals surface area contributed by atoms with Gasteiger partial charge in [0, 0.05) is 18.1 Å². The van der Waals surface area contributed by atoms with Crippen LogP contribution in [-0.4, -0.2) is 18.3 Å². The Bertz CT molecular complexity index is 515. The van der Waals surface area contributed by atoms with E-state index in [1.807, 2.05) is 0 Å². The number of rotatable bonds is 1. The van der Waals surface area contributed by atoms with Gasteiger partial charge in [-0.1, -0.05) is 15.9 Å². The summed E-state index contributed by atoms with van der Waals surface area (Å²) in [7, 11) is 1.57. The van der Waals surface area contributed by atoms with E-state index in [0.29, 0.717) is 11.3 Å². The molecular formula is C12H11BrF3NO. The van der Waals surface area contributed by atoms with Gasteiger partial charge in [-0.15, -0.1) is 0 Å². The molecule has 1 atom stereocenters. The first-order valence-electron chi connectivity index (χ1n) is 5.27. The van der Waals surface area contributed by atoms with Crippen LogP contribution in [0.25, 0.3) is 0 Å². The molecular weight excluding hydrogens is 311 g/mol. The summed E-state index contributed by atoms with van der Waals surface area (Å²) in [5.74, 6) is -0.200. The van der Waals surface area contributed by atoms with Gasteiger partial charge in [-0.25, -0.2) is 0 Å². The van der Waals surface area contributed by atoms with Crippen LogP contribution < -0.4 is 4.90 Å². The van der Waals surface area contributed by atoms with Crippen molar-refractivity contribution in [1.29, 1.82) is 0 Å². The van der Waals surface area contributed by atoms with E-state index in [-0.39, 0.29) is 11.2 Å². The summed E-state index contributed by atoms with van der Waals surface area (Å²) >= 11 is 3.22. The van der Waals surface area contributed by atoms with E-state index in [9.17, 15) is 18.0 Å². The molecule has 1 amide bonds. The second kappa shape index (κ2) is 3.98. The number of halogens is 4. The Kier molecular flexibility index (Phi) is 2.96. The smallest absolute Gasteiger partial charge is 0.314 e. The first-order chi connectivity index (χ1) is 8.21. The van der Waals surface area contributed by atoms with Crippen molar-refractivity contribution in [2.45, 2.75) is 18.5 Å². The molecule has 1 aromatic carbocycles. The fraction of sp³-hybridized carbons (Fsp3) is 0.417. The average molecular weight is 322 g/mol. The summed E-state index contributed by atoms with van der Waals surface area (Å²) in [6, 6.07) is 3.42. The van der Waals surface area contributed by atoms with Gasteiger partial charge in [-0.05, 0) is 30.7 Å². The Labute approximate surface area is 111 Å². The first kappa shape index (κ1) is 13.4. The van der Waals surface area contributed by atoms with Crippen molar-refractivity contribution in [3.05, 3.63) is 29.3 Å². The van der Waals surface area contributed by atoms with Crippen molar-refractivity contribution in [3.63, 3.8) is 0 Å². The second-order valence-electron chi connectivity index (χ2n) is 4.56. The molecule has 2 nitrogen and oxygen atoms in total. The number of hydrogen-bond donors (Lipinski definition) is 0. The molecule has 0 radical (unpaired) electrons. The van der Waals surface area contributed by atoms with Crippen LogP contribution in [0.1, 0.15) is 18.1 Å². The van der Waals surface area contributed by atoms with Crippen molar-refractivity contribution in [2.75, 3.05) is 17.3 Å². The summed E-state index contributed by atoms with van der Waals surface area (Å²) in [6.45, 7) is 1.65. The lowest BCUT2D eigenvalue weighted by Crippen LogP contribution is -2.37. The van der Waals surface area contributed by atoms with Crippen molar-refractivity contribution in [1.82, 2.24) is 0 Å². The third kappa shape index (κ3) is 1.74. The fourth-order valence-electron chi connectivity index (χ4n) is 2.17. The summed E-state index contributed by atoms with van der Waals surface area (Å²) in [5.41, 5.74) is -0.709. The third-order valence-electron chi connectivity index (χ3n) is 3.32. The molecule has 0 N–H and O–H groups in total. The zero-order valence-corrected chi connectivity index (χ0v) is 11.4. The van der Waals surface area contributed by atoms with Crippen LogP contribution in [-0.2, 0) is 16.4 Å². The van der Waals surface area contributed by atoms with Crippen LogP contribution in [0.4, 0.5) is 18.9 Å². The van der Waals surface area contributed by atoms with Crippen molar-refractivity contribution >= 4 is 27.5 Å². The van der Waals surface area contributed by atoms with E-state index in [2.05, 4.69) is 15.9 Å². The molecule has 6 heteroatoms. The van der Waals surface area contributed by atoms with Gasteiger partial charge in [0.25, 0.3) is 0 Å². The highest BCUT2D eigenvalue weighted by Crippen LogP contribution is 2.44. The largest absolute Gasteiger partial charge is 0.416 e. The van der Waals surface area contributed by atoms with Gasteiger partial charge in [0.15, 0.2) is 0 Å². The quantitative estimate of drug-likeness (QED) is 0.726. The summed E-state index contributed by atoms with van der Waals surface area (Å²) in [6.07, 6.45) is -4.40. The molecule has 0 saturated carbocycles.